The molecule has 0 atom stereocenters. The molecule has 21 heteroatoms. The van der Waals surface area contributed by atoms with Crippen molar-refractivity contribution in [3.05, 3.63) is 303 Å². The molecule has 0 aromatic heterocycles. The molecular formula is C97H86O21. The molecule has 0 fully saturated rings. The number of hydrogen-bond donors (Lipinski definition) is 8. The number of phenols is 8. The molecule has 0 aliphatic carbocycles. The van der Waals surface area contributed by atoms with Crippen molar-refractivity contribution in [3.8, 4) is 121 Å². The number of benzene rings is 12. The lowest BCUT2D eigenvalue weighted by atomic mass is 10.00. The second kappa shape index (κ2) is 37.7. The van der Waals surface area contributed by atoms with E-state index in [-0.39, 0.29) is 46.0 Å². The van der Waals surface area contributed by atoms with Crippen molar-refractivity contribution in [3.63, 3.8) is 0 Å². The van der Waals surface area contributed by atoms with Gasteiger partial charge in [0, 0.05) is 71.3 Å². The summed E-state index contributed by atoms with van der Waals surface area (Å²) in [7, 11) is 11.5. The molecule has 0 amide bonds. The van der Waals surface area contributed by atoms with Crippen LogP contribution in [0.5, 0.6) is 121 Å². The van der Waals surface area contributed by atoms with Crippen LogP contribution >= 0.6 is 0 Å². The Bertz CT molecular complexity index is 5750. The summed E-state index contributed by atoms with van der Waals surface area (Å²) in [5, 5.41) is 75.9. The molecule has 0 unspecified atom stereocenters. The molecule has 18 rings (SSSR count). The van der Waals surface area contributed by atoms with Gasteiger partial charge in [0.2, 0.25) is 0 Å². The fraction of sp³-hybridized carbons (Fsp3) is 0.134. The van der Waals surface area contributed by atoms with Gasteiger partial charge in [-0.05, 0) is 212 Å². The van der Waals surface area contributed by atoms with E-state index in [2.05, 4.69) is 18.2 Å². The van der Waals surface area contributed by atoms with Gasteiger partial charge >= 0.3 is 0 Å². The van der Waals surface area contributed by atoms with Gasteiger partial charge in [-0.3, -0.25) is 0 Å². The van der Waals surface area contributed by atoms with Crippen molar-refractivity contribution in [2.45, 2.75) is 0 Å². The summed E-state index contributed by atoms with van der Waals surface area (Å²) in [5.41, 5.74) is 17.6. The van der Waals surface area contributed by atoms with Gasteiger partial charge in [0.15, 0.2) is 0 Å². The van der Waals surface area contributed by atoms with E-state index < -0.39 is 0 Å². The minimum absolute atomic E-state index is 0.00529. The topological polar surface area (TPSA) is 282 Å². The summed E-state index contributed by atoms with van der Waals surface area (Å²) in [6.45, 7) is 2.77. The zero-order valence-corrected chi connectivity index (χ0v) is 65.6. The Morgan fingerprint density at radius 2 is 0.449 bits per heavy atom. The lowest BCUT2D eigenvalue weighted by Crippen LogP contribution is -2.08. The Hall–Kier alpha value is -15.1. The van der Waals surface area contributed by atoms with Crippen LogP contribution < -0.4 is 61.6 Å². The molecule has 6 heterocycles. The predicted molar refractivity (Wildman–Crippen MR) is 457 cm³/mol. The highest BCUT2D eigenvalue weighted by molar-refractivity contribution is 5.92. The summed E-state index contributed by atoms with van der Waals surface area (Å²) in [4.78, 5) is 0. The van der Waals surface area contributed by atoms with Crippen LogP contribution in [0.4, 0.5) is 0 Å². The van der Waals surface area contributed by atoms with Gasteiger partial charge in [-0.15, -0.1) is 0 Å². The highest BCUT2D eigenvalue weighted by Gasteiger charge is 2.23. The quantitative estimate of drug-likeness (QED) is 0.0532. The third-order valence-electron chi connectivity index (χ3n) is 19.5. The van der Waals surface area contributed by atoms with Gasteiger partial charge in [-0.1, -0.05) is 72.8 Å². The summed E-state index contributed by atoms with van der Waals surface area (Å²) >= 11 is 0. The lowest BCUT2D eigenvalue weighted by Gasteiger charge is -2.21. The molecule has 12 aromatic carbocycles. The molecule has 0 radical (unpaired) electrons. The first-order valence-electron chi connectivity index (χ1n) is 37.2. The first kappa shape index (κ1) is 80.9. The fourth-order valence-corrected chi connectivity index (χ4v) is 13.1. The molecule has 6 aliphatic heterocycles. The highest BCUT2D eigenvalue weighted by Crippen LogP contribution is 2.44. The molecule has 0 saturated heterocycles. The second-order valence-corrected chi connectivity index (χ2v) is 27.1. The van der Waals surface area contributed by atoms with E-state index in [0.29, 0.717) is 68.0 Å². The smallest absolute Gasteiger partial charge is 0.134 e. The van der Waals surface area contributed by atoms with Crippen LogP contribution in [-0.4, -0.2) is 130 Å². The van der Waals surface area contributed by atoms with Gasteiger partial charge in [0.05, 0.1) is 66.5 Å². The maximum atomic E-state index is 9.88. The Kier molecular flexibility index (Phi) is 25.8. The van der Waals surface area contributed by atoms with E-state index in [1.165, 1.54) is 24.3 Å². The van der Waals surface area contributed by atoms with E-state index in [0.717, 1.165) is 147 Å². The summed E-state index contributed by atoms with van der Waals surface area (Å²) < 4.78 is 70.6. The first-order chi connectivity index (χ1) is 57.3. The van der Waals surface area contributed by atoms with Gasteiger partial charge in [-0.2, -0.15) is 0 Å². The maximum Gasteiger partial charge on any atom is 0.134 e. The maximum absolute atomic E-state index is 9.88. The predicted octanol–water partition coefficient (Wildman–Crippen LogP) is 19.4. The summed E-state index contributed by atoms with van der Waals surface area (Å²) in [6.07, 6.45) is 12.1. The summed E-state index contributed by atoms with van der Waals surface area (Å²) in [5.74, 6) is 10.4. The fourth-order valence-electron chi connectivity index (χ4n) is 13.1. The van der Waals surface area contributed by atoms with Crippen LogP contribution in [0.25, 0.3) is 69.9 Å². The lowest BCUT2D eigenvalue weighted by molar-refractivity contribution is 0.348. The average Bonchev–Trinajstić information content (AvgIpc) is 0.782. The van der Waals surface area contributed by atoms with Crippen LogP contribution in [0.2, 0.25) is 0 Å². The van der Waals surface area contributed by atoms with E-state index in [4.69, 9.17) is 61.6 Å². The van der Waals surface area contributed by atoms with Crippen molar-refractivity contribution >= 4 is 69.9 Å². The van der Waals surface area contributed by atoms with Crippen LogP contribution in [-0.2, 0) is 0 Å². The third kappa shape index (κ3) is 20.1. The van der Waals surface area contributed by atoms with Crippen LogP contribution in [0.15, 0.2) is 237 Å². The Morgan fingerprint density at radius 1 is 0.203 bits per heavy atom. The molecule has 12 aromatic rings. The standard InChI is InChI=1S/C18H18O4.C17H16O3.C16H14O4.C16H14O3.C15H12O4.C15H12O3/c1-19-14-6-4-12(5-7-14)13-8-16-17(21-3)9-15(20-2)10-18(16)22-11-13;1-18-15-6-3-12(4-7-15)14-9-13-5-8-16(19-2)10-17(13)20-11-14;1-19-13-4-2-10(3-5-13)11-6-14-15(18)7-12(17)8-16(14)20-9-11;1-18-15-6-3-11(4-7-15)13-8-12-2-5-14(17)9-16(12)19-10-13;16-11-3-1-9(2-4-11)10-5-13-14(18)6-12(17)7-15(13)19-8-10;16-13-4-1-10(2-5-13)12-7-11-3-6-14(17)8-15(11)18-9-12/h4-10H,11H2,1-3H3;3-10H,11H2,1-2H3;2-8,17-18H,9H2,1H3;2-9,17H,10H2,1H3;1-7,16-18H,8H2;1-8,16-17H,9H2. The summed E-state index contributed by atoms with van der Waals surface area (Å²) in [6, 6.07) is 70.6. The highest BCUT2D eigenvalue weighted by atomic mass is 16.5. The Labute approximate surface area is 682 Å². The molecule has 6 aliphatic rings. The van der Waals surface area contributed by atoms with Gasteiger partial charge in [0.25, 0.3) is 0 Å². The van der Waals surface area contributed by atoms with Crippen molar-refractivity contribution in [2.75, 3.05) is 89.4 Å². The van der Waals surface area contributed by atoms with Gasteiger partial charge in [-0.25, -0.2) is 0 Å². The van der Waals surface area contributed by atoms with E-state index in [9.17, 15) is 40.9 Å². The van der Waals surface area contributed by atoms with Crippen molar-refractivity contribution in [1.29, 1.82) is 0 Å². The van der Waals surface area contributed by atoms with Crippen LogP contribution in [0.1, 0.15) is 66.8 Å². The molecule has 600 valence electrons. The number of phenolic OH excluding ortho intramolecular Hbond substituents is 8. The molecule has 118 heavy (non-hydrogen) atoms. The minimum Gasteiger partial charge on any atom is -0.508 e. The van der Waals surface area contributed by atoms with E-state index in [1.54, 1.807) is 110 Å². The number of hydrogen-bond acceptors (Lipinski definition) is 21. The van der Waals surface area contributed by atoms with Gasteiger partial charge < -0.3 is 102 Å². The zero-order chi connectivity index (χ0) is 82.8. The molecule has 8 N–H and O–H groups in total. The molecular weight excluding hydrogens is 1500 g/mol. The van der Waals surface area contributed by atoms with Gasteiger partial charge in [0.1, 0.15) is 160 Å². The SMILES string of the molecule is COc1ccc(C2=Cc3c(O)cc(O)cc3OC2)cc1.COc1ccc(C2=Cc3c(OC)cc(OC)cc3OC2)cc1.COc1ccc(C2=Cc3ccc(O)cc3OC2)cc1.COc1ccc(C2=Cc3ccc(OC)cc3OC2)cc1.Oc1ccc(C2=Cc3c(O)cc(O)cc3OC2)cc1.Oc1ccc(C2=Cc3ccc(O)cc3OC2)cc1. The number of rotatable bonds is 13. The molecule has 0 saturated carbocycles. The van der Waals surface area contributed by atoms with Crippen LogP contribution in [0.3, 0.4) is 0 Å². The number of aromatic hydroxyl groups is 8. The molecule has 21 nitrogen and oxygen atoms in total. The minimum atomic E-state index is -0.0299. The van der Waals surface area contributed by atoms with Crippen molar-refractivity contribution in [2.24, 2.45) is 0 Å². The molecule has 0 bridgehead atoms. The van der Waals surface area contributed by atoms with Crippen molar-refractivity contribution in [1.82, 2.24) is 0 Å². The number of methoxy groups -OCH3 is 7. The first-order valence-corrected chi connectivity index (χ1v) is 37.2. The van der Waals surface area contributed by atoms with Crippen LogP contribution in [0, 0.1) is 0 Å². The normalized spacial score (nSPS) is 13.1. The van der Waals surface area contributed by atoms with Crippen molar-refractivity contribution < 1.29 is 102 Å². The third-order valence-corrected chi connectivity index (χ3v) is 19.5. The monoisotopic (exact) mass is 1590 g/mol. The van der Waals surface area contributed by atoms with E-state index in [1.807, 2.05) is 170 Å². The Balaban J connectivity index is 0.000000123. The number of ether oxygens (including phenoxy) is 13. The molecule has 0 spiro atoms. The Morgan fingerprint density at radius 3 is 0.771 bits per heavy atom. The van der Waals surface area contributed by atoms with E-state index >= 15 is 0 Å². The average molecular weight is 1590 g/mol. The second-order valence-electron chi connectivity index (χ2n) is 27.1. The largest absolute Gasteiger partial charge is 0.508 e. The zero-order valence-electron chi connectivity index (χ0n) is 65.6. The number of fused-ring (bicyclic) bond motifs is 6.